The Morgan fingerprint density at radius 3 is 2.75 bits per heavy atom. The van der Waals surface area contributed by atoms with Gasteiger partial charge in [0.25, 0.3) is 0 Å². The van der Waals surface area contributed by atoms with Crippen molar-refractivity contribution in [3.8, 4) is 17.3 Å². The zero-order valence-corrected chi connectivity index (χ0v) is 19.7. The van der Waals surface area contributed by atoms with Crippen LogP contribution in [0.1, 0.15) is 51.8 Å². The van der Waals surface area contributed by atoms with Crippen LogP contribution in [0.25, 0.3) is 11.5 Å². The zero-order chi connectivity index (χ0) is 23.3. The maximum atomic E-state index is 12.1. The van der Waals surface area contributed by atoms with Gasteiger partial charge < -0.3 is 19.5 Å². The summed E-state index contributed by atoms with van der Waals surface area (Å²) in [5.41, 5.74) is 1.77. The van der Waals surface area contributed by atoms with Crippen LogP contribution in [0.5, 0.6) is 5.75 Å². The minimum absolute atomic E-state index is 0.122. The van der Waals surface area contributed by atoms with Gasteiger partial charge in [0.2, 0.25) is 0 Å². The van der Waals surface area contributed by atoms with Crippen LogP contribution in [0.15, 0.2) is 18.3 Å². The normalized spacial score (nSPS) is 15.4. The highest BCUT2D eigenvalue weighted by Gasteiger charge is 2.29. The second kappa shape index (κ2) is 10.3. The molecule has 0 saturated heterocycles. The van der Waals surface area contributed by atoms with Gasteiger partial charge >= 0.3 is 5.97 Å². The van der Waals surface area contributed by atoms with Gasteiger partial charge in [-0.1, -0.05) is 19.8 Å². The molecule has 0 spiro atoms. The Kier molecular flexibility index (Phi) is 7.66. The Morgan fingerprint density at radius 2 is 2.06 bits per heavy atom. The Labute approximate surface area is 190 Å². The maximum Gasteiger partial charge on any atom is 0.325 e. The smallest absolute Gasteiger partial charge is 0.325 e. The zero-order valence-electron chi connectivity index (χ0n) is 19.7. The van der Waals surface area contributed by atoms with Crippen LogP contribution >= 0.6 is 0 Å². The molecule has 0 amide bonds. The van der Waals surface area contributed by atoms with Crippen molar-refractivity contribution in [1.29, 1.82) is 0 Å². The number of rotatable bonds is 10. The molecule has 1 N–H and O–H groups in total. The fourth-order valence-corrected chi connectivity index (χ4v) is 3.93. The Bertz CT molecular complexity index is 942. The Morgan fingerprint density at radius 1 is 1.28 bits per heavy atom. The lowest BCUT2D eigenvalue weighted by atomic mass is 10.0. The molecular weight excluding hydrogens is 408 g/mol. The highest BCUT2D eigenvalue weighted by atomic mass is 16.5. The Hall–Kier alpha value is -2.74. The first-order valence-electron chi connectivity index (χ1n) is 11.3. The van der Waals surface area contributed by atoms with Crippen molar-refractivity contribution >= 4 is 11.8 Å². The first-order chi connectivity index (χ1) is 15.2. The van der Waals surface area contributed by atoms with Crippen molar-refractivity contribution in [2.45, 2.75) is 59.0 Å². The van der Waals surface area contributed by atoms with E-state index in [1.54, 1.807) is 39.1 Å². The van der Waals surface area contributed by atoms with E-state index in [4.69, 9.17) is 19.4 Å². The fourth-order valence-electron chi connectivity index (χ4n) is 3.93. The van der Waals surface area contributed by atoms with E-state index in [1.807, 2.05) is 11.9 Å². The topological polar surface area (TPSA) is 97.7 Å². The van der Waals surface area contributed by atoms with Crippen LogP contribution in [0, 0.1) is 5.92 Å². The largest absolute Gasteiger partial charge is 0.490 e. The van der Waals surface area contributed by atoms with E-state index < -0.39 is 5.60 Å². The van der Waals surface area contributed by atoms with Gasteiger partial charge in [0.05, 0.1) is 17.9 Å². The van der Waals surface area contributed by atoms with Crippen LogP contribution in [0.3, 0.4) is 0 Å². The number of carbonyl (C=O) groups is 1. The molecule has 0 radical (unpaired) electrons. The molecule has 2 aromatic rings. The molecule has 2 aromatic heterocycles. The van der Waals surface area contributed by atoms with E-state index in [2.05, 4.69) is 11.9 Å². The van der Waals surface area contributed by atoms with Crippen molar-refractivity contribution < 1.29 is 19.4 Å². The molecule has 32 heavy (non-hydrogen) atoms. The molecule has 0 aromatic carbocycles. The van der Waals surface area contributed by atoms with Crippen molar-refractivity contribution in [1.82, 2.24) is 15.0 Å². The number of ether oxygens (including phenoxy) is 2. The molecule has 8 nitrogen and oxygen atoms in total. The van der Waals surface area contributed by atoms with Gasteiger partial charge in [-0.2, -0.15) is 0 Å². The molecule has 0 fully saturated rings. The second-order valence-corrected chi connectivity index (χ2v) is 9.00. The van der Waals surface area contributed by atoms with Crippen molar-refractivity contribution in [3.63, 3.8) is 0 Å². The van der Waals surface area contributed by atoms with E-state index in [0.29, 0.717) is 29.8 Å². The molecule has 0 saturated carbocycles. The van der Waals surface area contributed by atoms with Gasteiger partial charge in [0, 0.05) is 24.9 Å². The summed E-state index contributed by atoms with van der Waals surface area (Å²) in [7, 11) is 1.85. The number of aromatic nitrogens is 3. The number of anilines is 1. The first kappa shape index (κ1) is 23.9. The quantitative estimate of drug-likeness (QED) is 0.560. The molecule has 1 aliphatic carbocycles. The molecule has 1 aliphatic rings. The lowest BCUT2D eigenvalue weighted by Crippen LogP contribution is -2.29. The van der Waals surface area contributed by atoms with Gasteiger partial charge in [-0.05, 0) is 45.6 Å². The highest BCUT2D eigenvalue weighted by molar-refractivity contribution is 5.76. The monoisotopic (exact) mass is 442 g/mol. The summed E-state index contributed by atoms with van der Waals surface area (Å²) in [4.78, 5) is 28.0. The predicted octanol–water partition coefficient (Wildman–Crippen LogP) is 3.20. The summed E-state index contributed by atoms with van der Waals surface area (Å²) in [6, 6.07) is 3.52. The summed E-state index contributed by atoms with van der Waals surface area (Å²) in [5, 5.41) is 9.94. The number of hydrogen-bond acceptors (Lipinski definition) is 8. The van der Waals surface area contributed by atoms with Crippen LogP contribution in [0.4, 0.5) is 5.82 Å². The molecule has 1 unspecified atom stereocenters. The van der Waals surface area contributed by atoms with Crippen molar-refractivity contribution in [2.75, 3.05) is 31.7 Å². The van der Waals surface area contributed by atoms with E-state index in [0.717, 1.165) is 42.8 Å². The third-order valence-corrected chi connectivity index (χ3v) is 5.33. The summed E-state index contributed by atoms with van der Waals surface area (Å²) in [5.74, 6) is 2.09. The van der Waals surface area contributed by atoms with Gasteiger partial charge in [0.1, 0.15) is 30.4 Å². The molecule has 3 rings (SSSR count). The van der Waals surface area contributed by atoms with Crippen LogP contribution < -0.4 is 9.64 Å². The van der Waals surface area contributed by atoms with E-state index in [9.17, 15) is 9.90 Å². The summed E-state index contributed by atoms with van der Waals surface area (Å²) >= 11 is 0. The van der Waals surface area contributed by atoms with E-state index in [1.165, 1.54) is 0 Å². The van der Waals surface area contributed by atoms with Crippen molar-refractivity contribution in [2.24, 2.45) is 5.92 Å². The minimum atomic E-state index is -0.940. The van der Waals surface area contributed by atoms with Gasteiger partial charge in [-0.25, -0.2) is 9.97 Å². The average molecular weight is 443 g/mol. The minimum Gasteiger partial charge on any atom is -0.490 e. The lowest BCUT2D eigenvalue weighted by molar-refractivity contribution is -0.141. The molecule has 0 bridgehead atoms. The van der Waals surface area contributed by atoms with Gasteiger partial charge in [-0.15, -0.1) is 0 Å². The van der Waals surface area contributed by atoms with Gasteiger partial charge in [0.15, 0.2) is 5.82 Å². The van der Waals surface area contributed by atoms with E-state index >= 15 is 0 Å². The van der Waals surface area contributed by atoms with Crippen LogP contribution in [0.2, 0.25) is 0 Å². The summed E-state index contributed by atoms with van der Waals surface area (Å²) < 4.78 is 10.8. The van der Waals surface area contributed by atoms with Crippen LogP contribution in [-0.2, 0) is 22.4 Å². The standard InChI is InChI=1S/C24H34N4O4/c1-6-8-16-11-18-19(12-16)26-22(27-23(18)28(5)14-21(29)31-7-2)20-13-17(9-10-25-20)32-15-24(3,4)30/h9-10,13,16,30H,6-8,11-12,14-15H2,1-5H3. The Balaban J connectivity index is 1.94. The number of carbonyl (C=O) groups excluding carboxylic acids is 1. The molecule has 8 heteroatoms. The second-order valence-electron chi connectivity index (χ2n) is 9.00. The number of fused-ring (bicyclic) bond motifs is 1. The highest BCUT2D eigenvalue weighted by Crippen LogP contribution is 2.35. The third-order valence-electron chi connectivity index (χ3n) is 5.33. The molecular formula is C24H34N4O4. The predicted molar refractivity (Wildman–Crippen MR) is 123 cm³/mol. The van der Waals surface area contributed by atoms with Crippen LogP contribution in [-0.4, -0.2) is 58.4 Å². The summed E-state index contributed by atoms with van der Waals surface area (Å²) in [6.45, 7) is 8.00. The number of aliphatic hydroxyl groups is 1. The summed E-state index contributed by atoms with van der Waals surface area (Å²) in [6.07, 6.45) is 5.70. The third kappa shape index (κ3) is 6.16. The van der Waals surface area contributed by atoms with Gasteiger partial charge in [-0.3, -0.25) is 9.78 Å². The average Bonchev–Trinajstić information content (AvgIpc) is 3.14. The molecule has 0 aliphatic heterocycles. The fraction of sp³-hybridized carbons (Fsp3) is 0.583. The number of esters is 1. The van der Waals surface area contributed by atoms with E-state index in [-0.39, 0.29) is 19.1 Å². The number of pyridine rings is 1. The number of hydrogen-bond donors (Lipinski definition) is 1. The molecule has 1 atom stereocenters. The lowest BCUT2D eigenvalue weighted by Gasteiger charge is -2.21. The SMILES string of the molecule is CCCC1Cc2nc(-c3cc(OCC(C)(C)O)ccn3)nc(N(C)CC(=O)OCC)c2C1. The molecule has 174 valence electrons. The maximum absolute atomic E-state index is 12.1. The van der Waals surface area contributed by atoms with Crippen molar-refractivity contribution in [3.05, 3.63) is 29.6 Å². The molecule has 2 heterocycles. The number of likely N-dealkylation sites (N-methyl/N-ethyl adjacent to an activating group) is 1. The number of nitrogens with zero attached hydrogens (tertiary/aromatic N) is 4. The first-order valence-corrected chi connectivity index (χ1v) is 11.3.